The molecule has 0 spiro atoms. The van der Waals surface area contributed by atoms with Crippen molar-refractivity contribution in [2.75, 3.05) is 0 Å². The molecule has 36 heavy (non-hydrogen) atoms. The number of carbonyl (C=O) groups excluding carboxylic acids is 3. The molecular weight excluding hydrogens is 464 g/mol. The summed E-state index contributed by atoms with van der Waals surface area (Å²) in [6.07, 6.45) is 5.58. The average Bonchev–Trinajstić information content (AvgIpc) is 3.40. The fourth-order valence-electron chi connectivity index (χ4n) is 8.51. The summed E-state index contributed by atoms with van der Waals surface area (Å²) < 4.78 is 23.9. The SMILES string of the molecule is CC1=C/C(=C\[C@H](C)[C@@]23OC(=O)C[C@]2(C)[C@H]2C[C@]4(O)C[C@@H]5C(=O)OC(C)(C)[C@]5(C)CC[C@@H]4[C@H]2O3)OC1=O. The quantitative estimate of drug-likeness (QED) is 0.453. The van der Waals surface area contributed by atoms with Crippen molar-refractivity contribution >= 4 is 17.9 Å². The Bertz CT molecular complexity index is 1140. The first-order valence-electron chi connectivity index (χ1n) is 13.1. The van der Waals surface area contributed by atoms with Gasteiger partial charge < -0.3 is 24.1 Å². The molecule has 0 bridgehead atoms. The van der Waals surface area contributed by atoms with E-state index in [0.717, 1.165) is 6.42 Å². The Labute approximate surface area is 211 Å². The number of esters is 3. The molecule has 0 amide bonds. The second kappa shape index (κ2) is 7.01. The largest absolute Gasteiger partial charge is 0.459 e. The van der Waals surface area contributed by atoms with Crippen LogP contribution in [-0.2, 0) is 33.3 Å². The highest BCUT2D eigenvalue weighted by molar-refractivity contribution is 5.92. The number of fused-ring (bicyclic) bond motifs is 6. The van der Waals surface area contributed by atoms with Crippen LogP contribution in [0.3, 0.4) is 0 Å². The molecule has 0 aromatic rings. The summed E-state index contributed by atoms with van der Waals surface area (Å²) in [6, 6.07) is 0. The molecule has 6 aliphatic rings. The maximum absolute atomic E-state index is 12.9. The van der Waals surface area contributed by atoms with E-state index in [1.54, 1.807) is 19.1 Å². The Morgan fingerprint density at radius 2 is 1.78 bits per heavy atom. The van der Waals surface area contributed by atoms with Crippen LogP contribution < -0.4 is 0 Å². The fourth-order valence-corrected chi connectivity index (χ4v) is 8.51. The lowest BCUT2D eigenvalue weighted by atomic mass is 9.64. The van der Waals surface area contributed by atoms with Gasteiger partial charge in [0.15, 0.2) is 0 Å². The van der Waals surface area contributed by atoms with Gasteiger partial charge in [0.2, 0.25) is 5.79 Å². The van der Waals surface area contributed by atoms with Crippen LogP contribution in [0.4, 0.5) is 0 Å². The Morgan fingerprint density at radius 3 is 2.44 bits per heavy atom. The summed E-state index contributed by atoms with van der Waals surface area (Å²) >= 11 is 0. The summed E-state index contributed by atoms with van der Waals surface area (Å²) in [5.41, 5.74) is -2.22. The van der Waals surface area contributed by atoms with Crippen LogP contribution in [-0.4, -0.2) is 46.1 Å². The smallest absolute Gasteiger partial charge is 0.339 e. The average molecular weight is 501 g/mol. The van der Waals surface area contributed by atoms with Crippen molar-refractivity contribution in [3.8, 4) is 0 Å². The van der Waals surface area contributed by atoms with E-state index in [1.165, 1.54) is 0 Å². The summed E-state index contributed by atoms with van der Waals surface area (Å²) in [5.74, 6) is -2.79. The summed E-state index contributed by atoms with van der Waals surface area (Å²) in [4.78, 5) is 37.5. The van der Waals surface area contributed by atoms with Crippen molar-refractivity contribution in [3.63, 3.8) is 0 Å². The van der Waals surface area contributed by atoms with E-state index in [9.17, 15) is 19.5 Å². The lowest BCUT2D eigenvalue weighted by molar-refractivity contribution is -0.257. The van der Waals surface area contributed by atoms with Gasteiger partial charge in [-0.15, -0.1) is 0 Å². The van der Waals surface area contributed by atoms with Crippen molar-refractivity contribution in [1.29, 1.82) is 0 Å². The number of ether oxygens (including phenoxy) is 4. The highest BCUT2D eigenvalue weighted by atomic mass is 16.7. The monoisotopic (exact) mass is 500 g/mol. The normalized spacial score (nSPS) is 50.5. The highest BCUT2D eigenvalue weighted by Gasteiger charge is 2.77. The van der Waals surface area contributed by atoms with E-state index in [2.05, 4.69) is 6.92 Å². The Balaban J connectivity index is 1.35. The molecular formula is C28H36O8. The molecule has 4 heterocycles. The zero-order valence-electron chi connectivity index (χ0n) is 21.9. The predicted molar refractivity (Wildman–Crippen MR) is 126 cm³/mol. The first-order valence-corrected chi connectivity index (χ1v) is 13.1. The molecule has 0 radical (unpaired) electrons. The number of rotatable bonds is 2. The van der Waals surface area contributed by atoms with Gasteiger partial charge in [0.05, 0.1) is 24.0 Å². The molecule has 0 aromatic heterocycles. The van der Waals surface area contributed by atoms with Gasteiger partial charge in [0, 0.05) is 34.2 Å². The zero-order chi connectivity index (χ0) is 26.1. The van der Waals surface area contributed by atoms with Crippen LogP contribution in [0.5, 0.6) is 0 Å². The zero-order valence-corrected chi connectivity index (χ0v) is 21.9. The van der Waals surface area contributed by atoms with Gasteiger partial charge in [-0.2, -0.15) is 0 Å². The molecule has 0 unspecified atom stereocenters. The molecule has 4 aliphatic heterocycles. The van der Waals surface area contributed by atoms with Gasteiger partial charge in [-0.25, -0.2) is 4.79 Å². The van der Waals surface area contributed by atoms with Crippen molar-refractivity contribution in [3.05, 3.63) is 23.5 Å². The molecule has 8 nitrogen and oxygen atoms in total. The molecule has 8 heteroatoms. The minimum Gasteiger partial charge on any atom is -0.459 e. The first kappa shape index (κ1) is 24.2. The maximum atomic E-state index is 12.9. The summed E-state index contributed by atoms with van der Waals surface area (Å²) in [6.45, 7) is 11.7. The van der Waals surface area contributed by atoms with Crippen LogP contribution >= 0.6 is 0 Å². The molecule has 196 valence electrons. The lowest BCUT2D eigenvalue weighted by Gasteiger charge is -2.42. The van der Waals surface area contributed by atoms with Gasteiger partial charge in [-0.3, -0.25) is 9.59 Å². The summed E-state index contributed by atoms with van der Waals surface area (Å²) in [5, 5.41) is 12.1. The van der Waals surface area contributed by atoms with Crippen LogP contribution in [0.15, 0.2) is 23.5 Å². The van der Waals surface area contributed by atoms with E-state index in [1.807, 2.05) is 27.7 Å². The predicted octanol–water partition coefficient (Wildman–Crippen LogP) is 3.57. The topological polar surface area (TPSA) is 108 Å². The van der Waals surface area contributed by atoms with Gasteiger partial charge in [0.25, 0.3) is 0 Å². The molecule has 2 aliphatic carbocycles. The third-order valence-electron chi connectivity index (χ3n) is 11.0. The van der Waals surface area contributed by atoms with E-state index in [4.69, 9.17) is 18.9 Å². The molecule has 0 aromatic carbocycles. The number of allylic oxidation sites excluding steroid dienone is 1. The number of hydrogen-bond acceptors (Lipinski definition) is 8. The van der Waals surface area contributed by atoms with E-state index < -0.39 is 22.4 Å². The molecule has 6 rings (SSSR count). The van der Waals surface area contributed by atoms with E-state index in [-0.39, 0.29) is 59.5 Å². The van der Waals surface area contributed by atoms with Crippen LogP contribution in [0.1, 0.15) is 73.6 Å². The molecule has 1 N–H and O–H groups in total. The van der Waals surface area contributed by atoms with Gasteiger partial charge >= 0.3 is 17.9 Å². The van der Waals surface area contributed by atoms with Gasteiger partial charge in [-0.05, 0) is 58.6 Å². The van der Waals surface area contributed by atoms with Crippen molar-refractivity contribution in [2.24, 2.45) is 34.5 Å². The number of carbonyl (C=O) groups is 3. The van der Waals surface area contributed by atoms with E-state index >= 15 is 0 Å². The first-order chi connectivity index (χ1) is 16.7. The Hall–Kier alpha value is -2.19. The molecule has 2 saturated carbocycles. The maximum Gasteiger partial charge on any atom is 0.339 e. The minimum absolute atomic E-state index is 0.113. The van der Waals surface area contributed by atoms with Crippen LogP contribution in [0, 0.1) is 34.5 Å². The molecule has 3 saturated heterocycles. The van der Waals surface area contributed by atoms with Crippen LogP contribution in [0.2, 0.25) is 0 Å². The molecule has 5 fully saturated rings. The third-order valence-corrected chi connectivity index (χ3v) is 11.0. The second-order valence-corrected chi connectivity index (χ2v) is 13.1. The minimum atomic E-state index is -1.21. The number of hydrogen-bond donors (Lipinski definition) is 1. The van der Waals surface area contributed by atoms with Gasteiger partial charge in [0.1, 0.15) is 11.4 Å². The highest BCUT2D eigenvalue weighted by Crippen LogP contribution is 2.70. The fraction of sp³-hybridized carbons (Fsp3) is 0.750. The summed E-state index contributed by atoms with van der Waals surface area (Å²) in [7, 11) is 0. The van der Waals surface area contributed by atoms with E-state index in [0.29, 0.717) is 30.6 Å². The lowest BCUT2D eigenvalue weighted by Crippen LogP contribution is -2.50. The second-order valence-electron chi connectivity index (χ2n) is 13.1. The van der Waals surface area contributed by atoms with Gasteiger partial charge in [-0.1, -0.05) is 20.8 Å². The Kier molecular flexibility index (Phi) is 4.71. The van der Waals surface area contributed by atoms with Crippen molar-refractivity contribution in [1.82, 2.24) is 0 Å². The Morgan fingerprint density at radius 1 is 1.06 bits per heavy atom. The number of cyclic esters (lactones) is 2. The number of aliphatic hydroxyl groups is 1. The standard InChI is InChI=1S/C28H36O8/c1-14-9-16(33-22(14)30)10-15(2)28-26(6,13-20(29)34-28)18-11-27(32)12-19-23(31)36-24(3,4)25(19,5)8-7-17(27)21(18)35-28/h9-10,15,17-19,21,32H,7-8,11-13H2,1-6H3/b16-10+/t15-,17+,18-,19+,21+,25+,26+,27-,28-/m0/s1. The van der Waals surface area contributed by atoms with Crippen molar-refractivity contribution < 1.29 is 38.4 Å². The van der Waals surface area contributed by atoms with Crippen LogP contribution in [0.25, 0.3) is 0 Å². The third kappa shape index (κ3) is 2.80. The molecule has 9 atom stereocenters. The van der Waals surface area contributed by atoms with Crippen molar-refractivity contribution in [2.45, 2.75) is 96.7 Å².